The van der Waals surface area contributed by atoms with Crippen LogP contribution >= 0.6 is 0 Å². The maximum Gasteiger partial charge on any atom is 0.0384 e. The van der Waals surface area contributed by atoms with Gasteiger partial charge in [-0.2, -0.15) is 0 Å². The Morgan fingerprint density at radius 2 is 1.38 bits per heavy atom. The summed E-state index contributed by atoms with van der Waals surface area (Å²) in [5, 5.41) is 3.35. The van der Waals surface area contributed by atoms with E-state index in [9.17, 15) is 0 Å². The summed E-state index contributed by atoms with van der Waals surface area (Å²) in [6, 6.07) is 16.6. The first-order valence-electron chi connectivity index (χ1n) is 5.34. The van der Waals surface area contributed by atoms with Crippen molar-refractivity contribution in [2.24, 2.45) is 0 Å². The van der Waals surface area contributed by atoms with Crippen molar-refractivity contribution in [3.63, 3.8) is 0 Å². The highest BCUT2D eigenvalue weighted by Gasteiger charge is 1.94. The van der Waals surface area contributed by atoms with Crippen molar-refractivity contribution < 1.29 is 0 Å². The molecule has 0 saturated carbocycles. The Balaban J connectivity index is 2.14. The molecule has 16 heavy (non-hydrogen) atoms. The van der Waals surface area contributed by atoms with E-state index in [2.05, 4.69) is 55.2 Å². The molecule has 0 spiro atoms. The lowest BCUT2D eigenvalue weighted by molar-refractivity contribution is 1.45. The van der Waals surface area contributed by atoms with E-state index in [1.54, 1.807) is 0 Å². The largest absolute Gasteiger partial charge is 0.356 e. The summed E-state index contributed by atoms with van der Waals surface area (Å²) >= 11 is 0. The number of rotatable bonds is 3. The highest BCUT2D eigenvalue weighted by Crippen LogP contribution is 2.17. The van der Waals surface area contributed by atoms with Gasteiger partial charge in [-0.3, -0.25) is 0 Å². The molecular formula is C15H15N. The second kappa shape index (κ2) is 4.67. The molecule has 2 rings (SSSR count). The molecule has 80 valence electrons. The molecule has 0 aliphatic carbocycles. The quantitative estimate of drug-likeness (QED) is 0.791. The van der Waals surface area contributed by atoms with Crippen LogP contribution in [-0.2, 0) is 0 Å². The molecule has 1 nitrogen and oxygen atoms in total. The van der Waals surface area contributed by atoms with E-state index in [0.717, 1.165) is 16.9 Å². The molecule has 0 aromatic heterocycles. The van der Waals surface area contributed by atoms with E-state index in [1.807, 2.05) is 18.2 Å². The highest BCUT2D eigenvalue weighted by molar-refractivity contribution is 5.62. The molecular weight excluding hydrogens is 194 g/mol. The van der Waals surface area contributed by atoms with Gasteiger partial charge >= 0.3 is 0 Å². The lowest BCUT2D eigenvalue weighted by Crippen LogP contribution is -1.89. The monoisotopic (exact) mass is 209 g/mol. The van der Waals surface area contributed by atoms with Gasteiger partial charge in [-0.05, 0) is 36.8 Å². The van der Waals surface area contributed by atoms with Crippen LogP contribution in [0, 0.1) is 6.92 Å². The first-order valence-corrected chi connectivity index (χ1v) is 5.34. The topological polar surface area (TPSA) is 12.0 Å². The van der Waals surface area contributed by atoms with Gasteiger partial charge in [-0.25, -0.2) is 0 Å². The molecule has 0 heterocycles. The maximum atomic E-state index is 3.73. The average molecular weight is 209 g/mol. The SMILES string of the molecule is C=Cc1ccc(Nc2ccc(C)cc2)cc1. The van der Waals surface area contributed by atoms with Gasteiger partial charge < -0.3 is 5.32 Å². The Kier molecular flexibility index (Phi) is 3.06. The van der Waals surface area contributed by atoms with Gasteiger partial charge in [0.15, 0.2) is 0 Å². The van der Waals surface area contributed by atoms with E-state index < -0.39 is 0 Å². The molecule has 0 aliphatic heterocycles. The molecule has 0 fully saturated rings. The van der Waals surface area contributed by atoms with Crippen molar-refractivity contribution >= 4 is 17.5 Å². The van der Waals surface area contributed by atoms with Crippen LogP contribution in [0.1, 0.15) is 11.1 Å². The van der Waals surface area contributed by atoms with E-state index in [-0.39, 0.29) is 0 Å². The summed E-state index contributed by atoms with van der Waals surface area (Å²) in [5.41, 5.74) is 4.61. The van der Waals surface area contributed by atoms with Crippen LogP contribution in [0.25, 0.3) is 6.08 Å². The standard InChI is InChI=1S/C15H15N/c1-3-13-6-10-15(11-7-13)16-14-8-4-12(2)5-9-14/h3-11,16H,1H2,2H3. The normalized spacial score (nSPS) is 9.81. The molecule has 0 atom stereocenters. The van der Waals surface area contributed by atoms with Crippen molar-refractivity contribution in [2.75, 3.05) is 5.32 Å². The minimum atomic E-state index is 1.09. The van der Waals surface area contributed by atoms with Crippen molar-refractivity contribution in [2.45, 2.75) is 6.92 Å². The van der Waals surface area contributed by atoms with Crippen molar-refractivity contribution in [3.8, 4) is 0 Å². The fourth-order valence-corrected chi connectivity index (χ4v) is 1.51. The zero-order valence-electron chi connectivity index (χ0n) is 9.40. The number of hydrogen-bond acceptors (Lipinski definition) is 1. The van der Waals surface area contributed by atoms with E-state index in [1.165, 1.54) is 5.56 Å². The number of nitrogens with one attached hydrogen (secondary N) is 1. The fourth-order valence-electron chi connectivity index (χ4n) is 1.51. The van der Waals surface area contributed by atoms with Gasteiger partial charge in [0.05, 0.1) is 0 Å². The van der Waals surface area contributed by atoms with Crippen LogP contribution in [-0.4, -0.2) is 0 Å². The maximum absolute atomic E-state index is 3.73. The van der Waals surface area contributed by atoms with Crippen molar-refractivity contribution in [1.82, 2.24) is 0 Å². The van der Waals surface area contributed by atoms with Crippen LogP contribution in [0.3, 0.4) is 0 Å². The minimum absolute atomic E-state index is 1.09. The summed E-state index contributed by atoms with van der Waals surface area (Å²) in [4.78, 5) is 0. The average Bonchev–Trinajstić information content (AvgIpc) is 2.33. The second-order valence-corrected chi connectivity index (χ2v) is 3.82. The molecule has 0 saturated heterocycles. The summed E-state index contributed by atoms with van der Waals surface area (Å²) in [5.74, 6) is 0. The summed E-state index contributed by atoms with van der Waals surface area (Å²) in [6.45, 7) is 5.82. The Morgan fingerprint density at radius 3 is 1.88 bits per heavy atom. The van der Waals surface area contributed by atoms with Gasteiger partial charge in [0, 0.05) is 11.4 Å². The molecule has 0 aliphatic rings. The fraction of sp³-hybridized carbons (Fsp3) is 0.0667. The third kappa shape index (κ3) is 2.51. The molecule has 1 N–H and O–H groups in total. The predicted molar refractivity (Wildman–Crippen MR) is 71.0 cm³/mol. The molecule has 2 aromatic carbocycles. The van der Waals surface area contributed by atoms with Crippen LogP contribution in [0.5, 0.6) is 0 Å². The highest BCUT2D eigenvalue weighted by atomic mass is 14.9. The van der Waals surface area contributed by atoms with Gasteiger partial charge in [-0.1, -0.05) is 42.5 Å². The first-order chi connectivity index (χ1) is 7.78. The molecule has 0 radical (unpaired) electrons. The smallest absolute Gasteiger partial charge is 0.0384 e. The first kappa shape index (κ1) is 10.5. The predicted octanol–water partition coefficient (Wildman–Crippen LogP) is 4.38. The Hall–Kier alpha value is -2.02. The van der Waals surface area contributed by atoms with Crippen molar-refractivity contribution in [3.05, 3.63) is 66.2 Å². The summed E-state index contributed by atoms with van der Waals surface area (Å²) in [6.07, 6.45) is 1.84. The summed E-state index contributed by atoms with van der Waals surface area (Å²) < 4.78 is 0. The molecule has 0 unspecified atom stereocenters. The van der Waals surface area contributed by atoms with E-state index in [0.29, 0.717) is 0 Å². The van der Waals surface area contributed by atoms with Crippen LogP contribution < -0.4 is 5.32 Å². The number of benzene rings is 2. The number of hydrogen-bond donors (Lipinski definition) is 1. The third-order valence-electron chi connectivity index (χ3n) is 2.49. The molecule has 0 amide bonds. The van der Waals surface area contributed by atoms with Gasteiger partial charge in [-0.15, -0.1) is 0 Å². The van der Waals surface area contributed by atoms with Gasteiger partial charge in [0.1, 0.15) is 0 Å². The summed E-state index contributed by atoms with van der Waals surface area (Å²) in [7, 11) is 0. The van der Waals surface area contributed by atoms with E-state index in [4.69, 9.17) is 0 Å². The Bertz CT molecular complexity index is 466. The molecule has 0 bridgehead atoms. The van der Waals surface area contributed by atoms with Crippen LogP contribution in [0.15, 0.2) is 55.1 Å². The van der Waals surface area contributed by atoms with Crippen LogP contribution in [0.2, 0.25) is 0 Å². The Morgan fingerprint density at radius 1 is 0.875 bits per heavy atom. The minimum Gasteiger partial charge on any atom is -0.356 e. The molecule has 2 aromatic rings. The zero-order valence-corrected chi connectivity index (χ0v) is 9.40. The number of aryl methyl sites for hydroxylation is 1. The van der Waals surface area contributed by atoms with Gasteiger partial charge in [0.2, 0.25) is 0 Å². The van der Waals surface area contributed by atoms with Crippen LogP contribution in [0.4, 0.5) is 11.4 Å². The van der Waals surface area contributed by atoms with Crippen molar-refractivity contribution in [1.29, 1.82) is 0 Å². The number of anilines is 2. The lowest BCUT2D eigenvalue weighted by atomic mass is 10.2. The lowest BCUT2D eigenvalue weighted by Gasteiger charge is -2.06. The molecule has 1 heteroatoms. The van der Waals surface area contributed by atoms with E-state index >= 15 is 0 Å². The van der Waals surface area contributed by atoms with Gasteiger partial charge in [0.25, 0.3) is 0 Å². The third-order valence-corrected chi connectivity index (χ3v) is 2.49. The second-order valence-electron chi connectivity index (χ2n) is 3.82. The zero-order chi connectivity index (χ0) is 11.4. The Labute approximate surface area is 96.4 Å².